The fraction of sp³-hybridized carbons (Fsp3) is 0.545. The van der Waals surface area contributed by atoms with E-state index in [-0.39, 0.29) is 5.13 Å². The summed E-state index contributed by atoms with van der Waals surface area (Å²) in [6, 6.07) is 1.98. The molecule has 0 aliphatic heterocycles. The third kappa shape index (κ3) is 3.69. The fourth-order valence-electron chi connectivity index (χ4n) is 1.73. The van der Waals surface area contributed by atoms with Crippen LogP contribution in [0.1, 0.15) is 22.8 Å². The lowest BCUT2D eigenvalue weighted by molar-refractivity contribution is -0.138. The molecule has 0 radical (unpaired) electrons. The second-order valence-corrected chi connectivity index (χ2v) is 5.32. The molecule has 0 aromatic carbocycles. The van der Waals surface area contributed by atoms with Crippen molar-refractivity contribution in [2.45, 2.75) is 33.0 Å². The van der Waals surface area contributed by atoms with Crippen LogP contribution >= 0.6 is 11.3 Å². The Balaban J connectivity index is 1.79. The lowest BCUT2D eigenvalue weighted by Gasteiger charge is -2.04. The minimum absolute atomic E-state index is 0.186. The molecular weight excluding hydrogens is 291 g/mol. The van der Waals surface area contributed by atoms with Crippen LogP contribution in [0.4, 0.5) is 18.3 Å². The van der Waals surface area contributed by atoms with Crippen LogP contribution in [0.25, 0.3) is 0 Å². The molecular formula is C11H14F3N5S. The normalized spacial score (nSPS) is 11.8. The van der Waals surface area contributed by atoms with Crippen LogP contribution in [-0.2, 0) is 12.7 Å². The van der Waals surface area contributed by atoms with Crippen LogP contribution in [0.15, 0.2) is 6.07 Å². The molecule has 110 valence electrons. The van der Waals surface area contributed by atoms with Gasteiger partial charge >= 0.3 is 6.18 Å². The number of halogens is 3. The molecule has 2 aromatic rings. The summed E-state index contributed by atoms with van der Waals surface area (Å²) in [5.41, 5.74) is 2.02. The largest absolute Gasteiger partial charge is 0.445 e. The zero-order valence-electron chi connectivity index (χ0n) is 11.0. The predicted octanol–water partition coefficient (Wildman–Crippen LogP) is 2.87. The fourth-order valence-corrected chi connectivity index (χ4v) is 2.37. The second-order valence-electron chi connectivity index (χ2n) is 4.34. The van der Waals surface area contributed by atoms with Crippen molar-refractivity contribution in [1.29, 1.82) is 0 Å². The minimum atomic E-state index is -4.43. The lowest BCUT2D eigenvalue weighted by Crippen LogP contribution is -2.08. The Hall–Kier alpha value is -1.64. The molecule has 0 fully saturated rings. The van der Waals surface area contributed by atoms with Gasteiger partial charge in [-0.1, -0.05) is 11.3 Å². The summed E-state index contributed by atoms with van der Waals surface area (Å²) in [6.45, 7) is 5.11. The average molecular weight is 305 g/mol. The summed E-state index contributed by atoms with van der Waals surface area (Å²) in [4.78, 5) is 0. The van der Waals surface area contributed by atoms with Gasteiger partial charge in [0.1, 0.15) is 0 Å². The van der Waals surface area contributed by atoms with Crippen LogP contribution in [0, 0.1) is 13.8 Å². The van der Waals surface area contributed by atoms with Crippen LogP contribution in [-0.4, -0.2) is 26.5 Å². The molecule has 0 aliphatic carbocycles. The van der Waals surface area contributed by atoms with E-state index in [0.29, 0.717) is 24.4 Å². The van der Waals surface area contributed by atoms with E-state index in [1.165, 1.54) is 0 Å². The summed E-state index contributed by atoms with van der Waals surface area (Å²) < 4.78 is 38.9. The molecule has 2 rings (SSSR count). The number of nitrogens with zero attached hydrogens (tertiary/aromatic N) is 4. The van der Waals surface area contributed by atoms with Crippen LogP contribution < -0.4 is 5.32 Å². The van der Waals surface area contributed by atoms with Gasteiger partial charge < -0.3 is 5.32 Å². The molecule has 1 N–H and O–H groups in total. The number of rotatable bonds is 5. The van der Waals surface area contributed by atoms with Crippen LogP contribution in [0.2, 0.25) is 0 Å². The number of anilines is 1. The van der Waals surface area contributed by atoms with Crippen molar-refractivity contribution in [2.24, 2.45) is 0 Å². The van der Waals surface area contributed by atoms with Crippen molar-refractivity contribution in [3.8, 4) is 0 Å². The molecule has 0 bridgehead atoms. The first kappa shape index (κ1) is 14.8. The minimum Gasteiger partial charge on any atom is -0.360 e. The average Bonchev–Trinajstić information content (AvgIpc) is 2.91. The van der Waals surface area contributed by atoms with Gasteiger partial charge in [0.15, 0.2) is 0 Å². The summed E-state index contributed by atoms with van der Waals surface area (Å²) in [6.07, 6.45) is -3.69. The van der Waals surface area contributed by atoms with Gasteiger partial charge in [-0.2, -0.15) is 18.3 Å². The molecule has 2 heterocycles. The maximum atomic E-state index is 12.3. The van der Waals surface area contributed by atoms with Gasteiger partial charge in [-0.3, -0.25) is 4.68 Å². The molecule has 0 aliphatic rings. The molecule has 9 heteroatoms. The molecule has 0 saturated carbocycles. The van der Waals surface area contributed by atoms with Gasteiger partial charge in [-0.15, -0.1) is 10.2 Å². The van der Waals surface area contributed by atoms with E-state index in [1.807, 2.05) is 24.6 Å². The monoisotopic (exact) mass is 305 g/mol. The smallest absolute Gasteiger partial charge is 0.360 e. The predicted molar refractivity (Wildman–Crippen MR) is 69.7 cm³/mol. The molecule has 2 aromatic heterocycles. The standard InChI is InChI=1S/C11H14F3N5S/c1-7-6-8(2)19(18-7)5-3-4-15-10-17-16-9(20-10)11(12,13)14/h6H,3-5H2,1-2H3,(H,15,17). The van der Waals surface area contributed by atoms with Gasteiger partial charge in [-0.25, -0.2) is 0 Å². The van der Waals surface area contributed by atoms with E-state index >= 15 is 0 Å². The maximum Gasteiger partial charge on any atom is 0.445 e. The van der Waals surface area contributed by atoms with E-state index in [2.05, 4.69) is 20.6 Å². The van der Waals surface area contributed by atoms with Gasteiger partial charge in [0.2, 0.25) is 10.1 Å². The number of hydrogen-bond acceptors (Lipinski definition) is 5. The number of hydrogen-bond donors (Lipinski definition) is 1. The first-order chi connectivity index (χ1) is 9.36. The van der Waals surface area contributed by atoms with Gasteiger partial charge in [0, 0.05) is 18.8 Å². The highest BCUT2D eigenvalue weighted by Crippen LogP contribution is 2.32. The van der Waals surface area contributed by atoms with E-state index in [1.54, 1.807) is 0 Å². The van der Waals surface area contributed by atoms with Crippen molar-refractivity contribution in [2.75, 3.05) is 11.9 Å². The Morgan fingerprint density at radius 3 is 2.60 bits per heavy atom. The summed E-state index contributed by atoms with van der Waals surface area (Å²) in [7, 11) is 0. The van der Waals surface area contributed by atoms with Crippen molar-refractivity contribution in [1.82, 2.24) is 20.0 Å². The molecule has 0 unspecified atom stereocenters. The van der Waals surface area contributed by atoms with Gasteiger partial charge in [-0.05, 0) is 26.3 Å². The molecule has 5 nitrogen and oxygen atoms in total. The summed E-state index contributed by atoms with van der Waals surface area (Å²) in [5, 5.41) is 13.0. The topological polar surface area (TPSA) is 55.6 Å². The Labute approximate surface area is 117 Å². The van der Waals surface area contributed by atoms with E-state index < -0.39 is 11.2 Å². The maximum absolute atomic E-state index is 12.3. The summed E-state index contributed by atoms with van der Waals surface area (Å²) >= 11 is 0.513. The highest BCUT2D eigenvalue weighted by atomic mass is 32.1. The highest BCUT2D eigenvalue weighted by molar-refractivity contribution is 7.15. The van der Waals surface area contributed by atoms with E-state index in [9.17, 15) is 13.2 Å². The van der Waals surface area contributed by atoms with E-state index in [0.717, 1.165) is 17.8 Å². The quantitative estimate of drug-likeness (QED) is 0.863. The number of nitrogens with one attached hydrogen (secondary N) is 1. The molecule has 0 amide bonds. The summed E-state index contributed by atoms with van der Waals surface area (Å²) in [5.74, 6) is 0. The Morgan fingerprint density at radius 2 is 2.05 bits per heavy atom. The van der Waals surface area contributed by atoms with Crippen LogP contribution in [0.3, 0.4) is 0 Å². The molecule has 0 atom stereocenters. The Kier molecular flexibility index (Phi) is 4.26. The first-order valence-electron chi connectivity index (χ1n) is 6.02. The molecule has 20 heavy (non-hydrogen) atoms. The number of aryl methyl sites for hydroxylation is 3. The third-order valence-electron chi connectivity index (χ3n) is 2.59. The van der Waals surface area contributed by atoms with Crippen molar-refractivity contribution in [3.05, 3.63) is 22.5 Å². The molecule has 0 saturated heterocycles. The van der Waals surface area contributed by atoms with Crippen molar-refractivity contribution in [3.63, 3.8) is 0 Å². The number of alkyl halides is 3. The van der Waals surface area contributed by atoms with Gasteiger partial charge in [0.05, 0.1) is 5.69 Å². The molecule has 0 spiro atoms. The van der Waals surface area contributed by atoms with Crippen molar-refractivity contribution < 1.29 is 13.2 Å². The third-order valence-corrected chi connectivity index (χ3v) is 3.52. The van der Waals surface area contributed by atoms with Crippen molar-refractivity contribution >= 4 is 16.5 Å². The first-order valence-corrected chi connectivity index (χ1v) is 6.83. The zero-order chi connectivity index (χ0) is 14.8. The number of aromatic nitrogens is 4. The SMILES string of the molecule is Cc1cc(C)n(CCCNc2nnc(C(F)(F)F)s2)n1. The van der Waals surface area contributed by atoms with Gasteiger partial charge in [0.25, 0.3) is 0 Å². The highest BCUT2D eigenvalue weighted by Gasteiger charge is 2.35. The van der Waals surface area contributed by atoms with Crippen LogP contribution in [0.5, 0.6) is 0 Å². The van der Waals surface area contributed by atoms with E-state index in [4.69, 9.17) is 0 Å². The lowest BCUT2D eigenvalue weighted by atomic mass is 10.4. The Bertz CT molecular complexity index is 575. The zero-order valence-corrected chi connectivity index (χ0v) is 11.8. The Morgan fingerprint density at radius 1 is 1.30 bits per heavy atom. The second kappa shape index (κ2) is 5.78.